The topological polar surface area (TPSA) is 12.5 Å². The summed E-state index contributed by atoms with van der Waals surface area (Å²) >= 11 is 0.847. The Hall–Kier alpha value is 0.873. The second-order valence-corrected chi connectivity index (χ2v) is 1.14. The van der Waals surface area contributed by atoms with E-state index in [0.29, 0.717) is 6.10 Å². The van der Waals surface area contributed by atoms with Gasteiger partial charge < -0.3 is 4.74 Å². The molecule has 1 fully saturated rings. The molecule has 1 rings (SSSR count). The number of hydrogen-bond acceptors (Lipinski definition) is 1. The summed E-state index contributed by atoms with van der Waals surface area (Å²) in [6.45, 7) is 3.04. The van der Waals surface area contributed by atoms with Gasteiger partial charge in [-0.15, -0.1) is 0 Å². The monoisotopic (exact) mass is 157 g/mol. The number of epoxide rings is 1. The van der Waals surface area contributed by atoms with Gasteiger partial charge >= 0.3 is 27.0 Å². The van der Waals surface area contributed by atoms with E-state index in [1.54, 1.807) is 0 Å². The van der Waals surface area contributed by atoms with Crippen molar-refractivity contribution < 1.29 is 22.0 Å². The molecule has 1 saturated heterocycles. The number of rotatable bonds is 0. The van der Waals surface area contributed by atoms with Crippen molar-refractivity contribution in [1.29, 1.82) is 0 Å². The molecule has 1 aliphatic rings. The van der Waals surface area contributed by atoms with Gasteiger partial charge in [0.25, 0.3) is 0 Å². The van der Waals surface area contributed by atoms with Gasteiger partial charge in [-0.25, -0.2) is 0 Å². The van der Waals surface area contributed by atoms with Crippen molar-refractivity contribution in [2.45, 2.75) is 13.0 Å². The first-order valence-corrected chi connectivity index (χ1v) is 5.68. The average molecular weight is 159 g/mol. The van der Waals surface area contributed by atoms with E-state index in [9.17, 15) is 0 Å². The Morgan fingerprint density at radius 3 is 2.00 bits per heavy atom. The fourth-order valence-corrected chi connectivity index (χ4v) is 0.0962. The zero-order valence-electron chi connectivity index (χ0n) is 3.78. The number of ether oxygens (including phenoxy) is 1. The van der Waals surface area contributed by atoms with Crippen LogP contribution in [0.4, 0.5) is 0 Å². The molecule has 1 unspecified atom stereocenters. The van der Waals surface area contributed by atoms with Crippen LogP contribution in [-0.4, -0.2) is 12.7 Å². The molecule has 6 heavy (non-hydrogen) atoms. The maximum atomic E-state index is 4.76. The first-order chi connectivity index (χ1) is 2.89. The molecule has 0 aromatic rings. The molecule has 0 radical (unpaired) electrons. The van der Waals surface area contributed by atoms with Gasteiger partial charge in [0.2, 0.25) is 0 Å². The molecule has 0 aromatic heterocycles. The molecule has 0 amide bonds. The third-order valence-corrected chi connectivity index (χ3v) is 0.500. The van der Waals surface area contributed by atoms with Crippen molar-refractivity contribution >= 4 is 9.69 Å². The molecule has 1 heterocycles. The van der Waals surface area contributed by atoms with Crippen LogP contribution in [0, 0.1) is 0 Å². The molecule has 0 aromatic carbocycles. The van der Waals surface area contributed by atoms with Crippen LogP contribution in [0.25, 0.3) is 0 Å². The molecular weight excluding hydrogens is 153 g/mol. The van der Waals surface area contributed by atoms with E-state index in [0.717, 1.165) is 23.9 Å². The maximum absolute atomic E-state index is 4.76. The van der Waals surface area contributed by atoms with Crippen LogP contribution >= 0.6 is 9.69 Å². The second kappa shape index (κ2) is 4.04. The Bertz CT molecular complexity index is 30.0. The molecule has 0 aliphatic carbocycles. The first kappa shape index (κ1) is 6.87. The molecule has 0 N–H and O–H groups in total. The van der Waals surface area contributed by atoms with Crippen molar-refractivity contribution in [3.8, 4) is 0 Å². The van der Waals surface area contributed by atoms with Crippen LogP contribution in [0.1, 0.15) is 6.92 Å². The van der Waals surface area contributed by atoms with Crippen LogP contribution in [0.3, 0.4) is 0 Å². The molecule has 1 aliphatic heterocycles. The number of hydrogen-bond donors (Lipinski definition) is 0. The zero-order valence-corrected chi connectivity index (χ0v) is 7.50. The van der Waals surface area contributed by atoms with E-state index in [-0.39, 0.29) is 0 Å². The van der Waals surface area contributed by atoms with Crippen molar-refractivity contribution in [1.82, 2.24) is 0 Å². The molecule has 0 saturated carbocycles. The standard InChI is InChI=1S/C3H6O.ClH.Zn/c1-3-2-4-3;;/h3H,2H2,1H3;1H;/q;;+1/p-1. The van der Waals surface area contributed by atoms with Crippen molar-refractivity contribution in [2.75, 3.05) is 6.61 Å². The van der Waals surface area contributed by atoms with Gasteiger partial charge in [-0.05, 0) is 6.92 Å². The summed E-state index contributed by atoms with van der Waals surface area (Å²) in [5.74, 6) is 0. The fourth-order valence-electron chi connectivity index (χ4n) is 0.0962. The predicted molar refractivity (Wildman–Crippen MR) is 21.3 cm³/mol. The summed E-state index contributed by atoms with van der Waals surface area (Å²) in [5, 5.41) is 0. The van der Waals surface area contributed by atoms with E-state index in [1.165, 1.54) is 0 Å². The summed E-state index contributed by atoms with van der Waals surface area (Å²) in [4.78, 5) is 0. The predicted octanol–water partition coefficient (Wildman–Crippen LogP) is 1.09. The summed E-state index contributed by atoms with van der Waals surface area (Å²) in [6, 6.07) is 0. The fraction of sp³-hybridized carbons (Fsp3) is 1.00. The Balaban J connectivity index is 0.000000112. The quantitative estimate of drug-likeness (QED) is 0.380. The van der Waals surface area contributed by atoms with E-state index in [2.05, 4.69) is 6.92 Å². The van der Waals surface area contributed by atoms with Crippen LogP contribution in [0.2, 0.25) is 0 Å². The summed E-state index contributed by atoms with van der Waals surface area (Å²) in [5.41, 5.74) is 0. The third-order valence-electron chi connectivity index (χ3n) is 0.500. The van der Waals surface area contributed by atoms with Crippen LogP contribution in [0.5, 0.6) is 0 Å². The van der Waals surface area contributed by atoms with Crippen molar-refractivity contribution in [3.63, 3.8) is 0 Å². The molecule has 1 nitrogen and oxygen atoms in total. The molecule has 0 spiro atoms. The Labute approximate surface area is 51.7 Å². The second-order valence-electron chi connectivity index (χ2n) is 1.14. The average Bonchev–Trinajstić information content (AvgIpc) is 2.30. The van der Waals surface area contributed by atoms with Crippen LogP contribution in [0.15, 0.2) is 0 Å². The molecular formula is C3H6ClOZn. The SMILES string of the molecule is CC1CO1.[Cl][Zn]. The van der Waals surface area contributed by atoms with E-state index >= 15 is 0 Å². The van der Waals surface area contributed by atoms with Gasteiger partial charge in [0.1, 0.15) is 0 Å². The van der Waals surface area contributed by atoms with Gasteiger partial charge in [0, 0.05) is 0 Å². The van der Waals surface area contributed by atoms with E-state index in [1.807, 2.05) is 0 Å². The first-order valence-electron chi connectivity index (χ1n) is 1.78. The summed E-state index contributed by atoms with van der Waals surface area (Å²) in [6.07, 6.45) is 0.583. The zero-order chi connectivity index (χ0) is 4.99. The third kappa shape index (κ3) is 4.87. The molecule has 1 atom stereocenters. The van der Waals surface area contributed by atoms with E-state index in [4.69, 9.17) is 14.4 Å². The Morgan fingerprint density at radius 2 is 2.00 bits per heavy atom. The van der Waals surface area contributed by atoms with Crippen molar-refractivity contribution in [2.24, 2.45) is 0 Å². The molecule has 3 heteroatoms. The van der Waals surface area contributed by atoms with Gasteiger partial charge in [-0.3, -0.25) is 0 Å². The minimum atomic E-state index is 0.583. The van der Waals surface area contributed by atoms with Gasteiger partial charge in [0.15, 0.2) is 0 Å². The van der Waals surface area contributed by atoms with Gasteiger partial charge in [-0.2, -0.15) is 0 Å². The number of halogens is 1. The molecule has 0 bridgehead atoms. The summed E-state index contributed by atoms with van der Waals surface area (Å²) in [7, 11) is 4.76. The van der Waals surface area contributed by atoms with Gasteiger partial charge in [-0.1, -0.05) is 0 Å². The molecule has 33 valence electrons. The summed E-state index contributed by atoms with van der Waals surface area (Å²) < 4.78 is 4.71. The minimum absolute atomic E-state index is 0.583. The Morgan fingerprint density at radius 1 is 1.83 bits per heavy atom. The van der Waals surface area contributed by atoms with Crippen molar-refractivity contribution in [3.05, 3.63) is 0 Å². The Kier molecular flexibility index (Phi) is 4.63. The van der Waals surface area contributed by atoms with Gasteiger partial charge in [0.05, 0.1) is 12.7 Å². The normalized spacial score (nSPS) is 27.7. The van der Waals surface area contributed by atoms with E-state index < -0.39 is 0 Å². The van der Waals surface area contributed by atoms with Crippen LogP contribution in [-0.2, 0) is 22.0 Å². The van der Waals surface area contributed by atoms with Crippen LogP contribution < -0.4 is 0 Å².